The molecule has 2 heterocycles. The number of halogens is 2. The molecule has 1 aromatic carbocycles. The minimum absolute atomic E-state index is 0.134. The lowest BCUT2D eigenvalue weighted by Gasteiger charge is -2.19. The van der Waals surface area contributed by atoms with E-state index in [4.69, 9.17) is 4.52 Å². The van der Waals surface area contributed by atoms with Crippen LogP contribution in [0.15, 0.2) is 27.2 Å². The molecule has 1 N–H and O–H groups in total. The lowest BCUT2D eigenvalue weighted by molar-refractivity contribution is 0.297. The van der Waals surface area contributed by atoms with Gasteiger partial charge in [-0.05, 0) is 53.5 Å². The predicted octanol–water partition coefficient (Wildman–Crippen LogP) is 3.45. The van der Waals surface area contributed by atoms with E-state index in [0.717, 1.165) is 24.9 Å². The number of hydrogen-bond acceptors (Lipinski definition) is 4. The van der Waals surface area contributed by atoms with Crippen LogP contribution < -0.4 is 5.32 Å². The molecule has 1 aromatic heterocycles. The second-order valence-corrected chi connectivity index (χ2v) is 5.44. The zero-order chi connectivity index (χ0) is 13.2. The van der Waals surface area contributed by atoms with Crippen molar-refractivity contribution in [3.8, 4) is 11.4 Å². The Morgan fingerprint density at radius 2 is 2.26 bits per heavy atom. The summed E-state index contributed by atoms with van der Waals surface area (Å²) < 4.78 is 19.0. The third-order valence-corrected chi connectivity index (χ3v) is 3.88. The van der Waals surface area contributed by atoms with Gasteiger partial charge in [-0.1, -0.05) is 11.6 Å². The van der Waals surface area contributed by atoms with Crippen LogP contribution in [-0.2, 0) is 0 Å². The van der Waals surface area contributed by atoms with Crippen LogP contribution in [0.1, 0.15) is 31.2 Å². The van der Waals surface area contributed by atoms with E-state index in [1.54, 1.807) is 6.07 Å². The molecule has 2 aromatic rings. The molecule has 0 bridgehead atoms. The molecule has 1 aliphatic heterocycles. The molecule has 3 rings (SSSR count). The Labute approximate surface area is 118 Å². The van der Waals surface area contributed by atoms with Gasteiger partial charge in [-0.3, -0.25) is 0 Å². The number of piperidine rings is 1. The lowest BCUT2D eigenvalue weighted by Crippen LogP contribution is -2.26. The van der Waals surface area contributed by atoms with Gasteiger partial charge in [0.15, 0.2) is 0 Å². The SMILES string of the molecule is Fc1ccc(-c2noc(C3CCCCN3)n2)c(Br)c1. The minimum atomic E-state index is -0.298. The largest absolute Gasteiger partial charge is 0.337 e. The first kappa shape index (κ1) is 12.7. The van der Waals surface area contributed by atoms with Crippen LogP contribution in [0, 0.1) is 5.82 Å². The average Bonchev–Trinajstić information content (AvgIpc) is 2.89. The first-order valence-corrected chi connectivity index (χ1v) is 7.06. The van der Waals surface area contributed by atoms with Gasteiger partial charge < -0.3 is 9.84 Å². The molecular formula is C13H13BrFN3O. The summed E-state index contributed by atoms with van der Waals surface area (Å²) in [6, 6.07) is 4.55. The fraction of sp³-hybridized carbons (Fsp3) is 0.385. The Bertz CT molecular complexity index is 581. The van der Waals surface area contributed by atoms with E-state index in [1.165, 1.54) is 18.6 Å². The van der Waals surface area contributed by atoms with E-state index in [1.807, 2.05) is 0 Å². The standard InChI is InChI=1S/C13H13BrFN3O/c14-10-7-8(15)4-5-9(10)12-17-13(19-18-12)11-3-1-2-6-16-11/h4-5,7,11,16H,1-3,6H2. The molecule has 4 nitrogen and oxygen atoms in total. The Morgan fingerprint density at radius 1 is 1.37 bits per heavy atom. The van der Waals surface area contributed by atoms with Gasteiger partial charge in [0.05, 0.1) is 6.04 Å². The van der Waals surface area contributed by atoms with E-state index < -0.39 is 0 Å². The molecule has 19 heavy (non-hydrogen) atoms. The molecule has 0 saturated carbocycles. The van der Waals surface area contributed by atoms with Crippen LogP contribution in [0.2, 0.25) is 0 Å². The quantitative estimate of drug-likeness (QED) is 0.918. The number of aromatic nitrogens is 2. The minimum Gasteiger partial charge on any atom is -0.337 e. The van der Waals surface area contributed by atoms with Crippen LogP contribution in [0.4, 0.5) is 4.39 Å². The number of hydrogen-bond donors (Lipinski definition) is 1. The van der Waals surface area contributed by atoms with Gasteiger partial charge >= 0.3 is 0 Å². The highest BCUT2D eigenvalue weighted by atomic mass is 79.9. The fourth-order valence-corrected chi connectivity index (χ4v) is 2.75. The molecule has 0 amide bonds. The van der Waals surface area contributed by atoms with Crippen LogP contribution in [0.25, 0.3) is 11.4 Å². The number of rotatable bonds is 2. The first-order valence-electron chi connectivity index (χ1n) is 6.26. The molecule has 1 unspecified atom stereocenters. The van der Waals surface area contributed by atoms with E-state index in [9.17, 15) is 4.39 Å². The van der Waals surface area contributed by atoms with Crippen molar-refractivity contribution in [2.45, 2.75) is 25.3 Å². The zero-order valence-corrected chi connectivity index (χ0v) is 11.8. The maximum Gasteiger partial charge on any atom is 0.244 e. The van der Waals surface area contributed by atoms with Gasteiger partial charge in [-0.15, -0.1) is 0 Å². The van der Waals surface area contributed by atoms with Crippen molar-refractivity contribution in [3.63, 3.8) is 0 Å². The highest BCUT2D eigenvalue weighted by Crippen LogP contribution is 2.29. The Morgan fingerprint density at radius 3 is 3.00 bits per heavy atom. The number of nitrogens with one attached hydrogen (secondary N) is 1. The van der Waals surface area contributed by atoms with Crippen molar-refractivity contribution in [2.24, 2.45) is 0 Å². The normalized spacial score (nSPS) is 19.6. The van der Waals surface area contributed by atoms with Crippen molar-refractivity contribution in [1.29, 1.82) is 0 Å². The van der Waals surface area contributed by atoms with Crippen LogP contribution in [0.3, 0.4) is 0 Å². The van der Waals surface area contributed by atoms with Crippen LogP contribution in [0.5, 0.6) is 0 Å². The maximum atomic E-state index is 13.1. The van der Waals surface area contributed by atoms with Gasteiger partial charge in [0.1, 0.15) is 5.82 Å². The second-order valence-electron chi connectivity index (χ2n) is 4.58. The Balaban J connectivity index is 1.87. The summed E-state index contributed by atoms with van der Waals surface area (Å²) in [4.78, 5) is 4.40. The molecule has 1 aliphatic rings. The van der Waals surface area contributed by atoms with E-state index in [2.05, 4.69) is 31.4 Å². The summed E-state index contributed by atoms with van der Waals surface area (Å²) in [6.45, 7) is 0.975. The Kier molecular flexibility index (Phi) is 3.61. The molecule has 1 fully saturated rings. The summed E-state index contributed by atoms with van der Waals surface area (Å²) in [7, 11) is 0. The fourth-order valence-electron chi connectivity index (χ4n) is 2.22. The third-order valence-electron chi connectivity index (χ3n) is 3.22. The highest BCUT2D eigenvalue weighted by Gasteiger charge is 2.21. The number of benzene rings is 1. The van der Waals surface area contributed by atoms with E-state index >= 15 is 0 Å². The van der Waals surface area contributed by atoms with Gasteiger partial charge in [0.25, 0.3) is 0 Å². The molecule has 0 radical (unpaired) electrons. The smallest absolute Gasteiger partial charge is 0.244 e. The van der Waals surface area contributed by atoms with Gasteiger partial charge in [0.2, 0.25) is 11.7 Å². The average molecular weight is 326 g/mol. The van der Waals surface area contributed by atoms with Crippen LogP contribution >= 0.6 is 15.9 Å². The van der Waals surface area contributed by atoms with Crippen molar-refractivity contribution in [1.82, 2.24) is 15.5 Å². The first-order chi connectivity index (χ1) is 9.24. The van der Waals surface area contributed by atoms with E-state index in [-0.39, 0.29) is 11.9 Å². The Hall–Kier alpha value is -1.27. The summed E-state index contributed by atoms with van der Waals surface area (Å²) >= 11 is 3.31. The highest BCUT2D eigenvalue weighted by molar-refractivity contribution is 9.10. The monoisotopic (exact) mass is 325 g/mol. The summed E-state index contributed by atoms with van der Waals surface area (Å²) in [5.74, 6) is 0.786. The second kappa shape index (κ2) is 5.38. The van der Waals surface area contributed by atoms with Gasteiger partial charge in [0, 0.05) is 10.0 Å². The topological polar surface area (TPSA) is 51.0 Å². The lowest BCUT2D eigenvalue weighted by atomic mass is 10.1. The number of nitrogens with zero attached hydrogens (tertiary/aromatic N) is 2. The van der Waals surface area contributed by atoms with E-state index in [0.29, 0.717) is 16.2 Å². The molecule has 0 spiro atoms. The summed E-state index contributed by atoms with van der Waals surface area (Å²) in [6.07, 6.45) is 3.35. The maximum absolute atomic E-state index is 13.1. The van der Waals surface area contributed by atoms with Gasteiger partial charge in [-0.25, -0.2) is 4.39 Å². The molecular weight excluding hydrogens is 313 g/mol. The zero-order valence-electron chi connectivity index (χ0n) is 10.2. The predicted molar refractivity (Wildman–Crippen MR) is 72.0 cm³/mol. The van der Waals surface area contributed by atoms with Crippen molar-refractivity contribution < 1.29 is 8.91 Å². The van der Waals surface area contributed by atoms with Crippen molar-refractivity contribution >= 4 is 15.9 Å². The van der Waals surface area contributed by atoms with Crippen molar-refractivity contribution in [3.05, 3.63) is 34.4 Å². The third kappa shape index (κ3) is 2.69. The molecule has 6 heteroatoms. The molecule has 1 saturated heterocycles. The van der Waals surface area contributed by atoms with Crippen LogP contribution in [-0.4, -0.2) is 16.7 Å². The molecule has 100 valence electrons. The summed E-state index contributed by atoms with van der Waals surface area (Å²) in [5, 5.41) is 7.33. The van der Waals surface area contributed by atoms with Gasteiger partial charge in [-0.2, -0.15) is 4.98 Å². The molecule has 1 atom stereocenters. The summed E-state index contributed by atoms with van der Waals surface area (Å²) in [5.41, 5.74) is 0.729. The van der Waals surface area contributed by atoms with Crippen molar-refractivity contribution in [2.75, 3.05) is 6.54 Å². The molecule has 0 aliphatic carbocycles.